The van der Waals surface area contributed by atoms with E-state index in [0.717, 1.165) is 11.1 Å². The molecule has 0 heterocycles. The standard InChI is InChI=1S/C19H22N2O3/c22-13-14-24-18-11-5-4-10-17(18)15-21-19(23)20-12-6-9-16-7-2-1-3-8-16/h1-11,22H,12-15H2,(H2,20,21,23)/b9-6+. The van der Waals surface area contributed by atoms with E-state index in [1.165, 1.54) is 0 Å². The Morgan fingerprint density at radius 3 is 2.58 bits per heavy atom. The number of carbonyl (C=O) groups excluding carboxylic acids is 1. The van der Waals surface area contributed by atoms with Gasteiger partial charge in [0.05, 0.1) is 6.61 Å². The fourth-order valence-corrected chi connectivity index (χ4v) is 2.10. The van der Waals surface area contributed by atoms with Gasteiger partial charge in [-0.2, -0.15) is 0 Å². The Morgan fingerprint density at radius 2 is 1.79 bits per heavy atom. The smallest absolute Gasteiger partial charge is 0.315 e. The maximum atomic E-state index is 11.8. The van der Waals surface area contributed by atoms with E-state index in [9.17, 15) is 4.79 Å². The Hall–Kier alpha value is -2.79. The summed E-state index contributed by atoms with van der Waals surface area (Å²) in [7, 11) is 0. The maximum Gasteiger partial charge on any atom is 0.315 e. The largest absolute Gasteiger partial charge is 0.491 e. The number of para-hydroxylation sites is 1. The zero-order valence-electron chi connectivity index (χ0n) is 13.4. The SMILES string of the molecule is O=C(NC/C=C/c1ccccc1)NCc1ccccc1OCCO. The molecule has 2 amide bonds. The molecule has 0 fully saturated rings. The fourth-order valence-electron chi connectivity index (χ4n) is 2.10. The molecule has 5 heteroatoms. The quantitative estimate of drug-likeness (QED) is 0.698. The second kappa shape index (κ2) is 10.1. The average molecular weight is 326 g/mol. The van der Waals surface area contributed by atoms with Gasteiger partial charge in [0.15, 0.2) is 0 Å². The lowest BCUT2D eigenvalue weighted by Crippen LogP contribution is -2.35. The summed E-state index contributed by atoms with van der Waals surface area (Å²) in [4.78, 5) is 11.8. The van der Waals surface area contributed by atoms with E-state index in [-0.39, 0.29) is 19.2 Å². The Bertz CT molecular complexity index is 657. The number of carbonyl (C=O) groups is 1. The first-order valence-corrected chi connectivity index (χ1v) is 7.84. The number of rotatable bonds is 8. The van der Waals surface area contributed by atoms with E-state index < -0.39 is 0 Å². The minimum Gasteiger partial charge on any atom is -0.491 e. The third kappa shape index (κ3) is 6.14. The molecule has 0 radical (unpaired) electrons. The van der Waals surface area contributed by atoms with Gasteiger partial charge in [-0.25, -0.2) is 4.79 Å². The highest BCUT2D eigenvalue weighted by atomic mass is 16.5. The topological polar surface area (TPSA) is 70.6 Å². The van der Waals surface area contributed by atoms with Gasteiger partial charge in [0.1, 0.15) is 12.4 Å². The molecule has 2 aromatic carbocycles. The number of urea groups is 1. The molecular weight excluding hydrogens is 304 g/mol. The number of benzene rings is 2. The van der Waals surface area contributed by atoms with Gasteiger partial charge in [-0.1, -0.05) is 60.7 Å². The third-order valence-electron chi connectivity index (χ3n) is 3.25. The molecule has 0 saturated heterocycles. The van der Waals surface area contributed by atoms with E-state index in [4.69, 9.17) is 9.84 Å². The van der Waals surface area contributed by atoms with Crippen LogP contribution in [0, 0.1) is 0 Å². The zero-order valence-corrected chi connectivity index (χ0v) is 13.4. The first-order chi connectivity index (χ1) is 11.8. The van der Waals surface area contributed by atoms with Crippen molar-refractivity contribution in [3.05, 3.63) is 71.8 Å². The molecule has 0 aromatic heterocycles. The molecule has 2 aromatic rings. The molecule has 5 nitrogen and oxygen atoms in total. The molecule has 2 rings (SSSR count). The third-order valence-corrected chi connectivity index (χ3v) is 3.25. The second-order valence-corrected chi connectivity index (χ2v) is 5.06. The van der Waals surface area contributed by atoms with Crippen LogP contribution in [0.5, 0.6) is 5.75 Å². The highest BCUT2D eigenvalue weighted by molar-refractivity contribution is 5.74. The lowest BCUT2D eigenvalue weighted by atomic mass is 10.2. The summed E-state index contributed by atoms with van der Waals surface area (Å²) >= 11 is 0. The number of amides is 2. The molecule has 0 unspecified atom stereocenters. The number of nitrogens with one attached hydrogen (secondary N) is 2. The van der Waals surface area contributed by atoms with Gasteiger partial charge in [0.2, 0.25) is 0 Å². The summed E-state index contributed by atoms with van der Waals surface area (Å²) in [5.74, 6) is 0.663. The van der Waals surface area contributed by atoms with Crippen LogP contribution in [0.3, 0.4) is 0 Å². The minimum atomic E-state index is -0.246. The van der Waals surface area contributed by atoms with E-state index in [1.54, 1.807) is 0 Å². The molecule has 0 aliphatic carbocycles. The Kier molecular flexibility index (Phi) is 7.37. The van der Waals surface area contributed by atoms with Crippen molar-refractivity contribution < 1.29 is 14.6 Å². The lowest BCUT2D eigenvalue weighted by molar-refractivity contribution is 0.200. The Morgan fingerprint density at radius 1 is 1.04 bits per heavy atom. The van der Waals surface area contributed by atoms with E-state index >= 15 is 0 Å². The number of aliphatic hydroxyl groups excluding tert-OH is 1. The van der Waals surface area contributed by atoms with Crippen molar-refractivity contribution in [1.82, 2.24) is 10.6 Å². The van der Waals surface area contributed by atoms with Crippen LogP contribution in [0.25, 0.3) is 6.08 Å². The maximum absolute atomic E-state index is 11.8. The predicted octanol–water partition coefficient (Wildman–Crippen LogP) is 2.57. The van der Waals surface area contributed by atoms with Gasteiger partial charge in [0.25, 0.3) is 0 Å². The molecule has 126 valence electrons. The number of aliphatic hydroxyl groups is 1. The summed E-state index contributed by atoms with van der Waals surface area (Å²) in [6, 6.07) is 17.1. The zero-order chi connectivity index (χ0) is 17.0. The van der Waals surface area contributed by atoms with Crippen LogP contribution < -0.4 is 15.4 Å². The predicted molar refractivity (Wildman–Crippen MR) is 94.7 cm³/mol. The number of hydrogen-bond donors (Lipinski definition) is 3. The van der Waals surface area contributed by atoms with Crippen LogP contribution in [0.15, 0.2) is 60.7 Å². The normalized spacial score (nSPS) is 10.5. The Balaban J connectivity index is 1.74. The fraction of sp³-hybridized carbons (Fsp3) is 0.211. The summed E-state index contributed by atoms with van der Waals surface area (Å²) < 4.78 is 5.43. The monoisotopic (exact) mass is 326 g/mol. The van der Waals surface area contributed by atoms with E-state index in [0.29, 0.717) is 18.8 Å². The van der Waals surface area contributed by atoms with Crippen LogP contribution in [0.1, 0.15) is 11.1 Å². The van der Waals surface area contributed by atoms with Gasteiger partial charge in [-0.05, 0) is 11.6 Å². The molecule has 0 atom stereocenters. The molecule has 24 heavy (non-hydrogen) atoms. The summed E-state index contributed by atoms with van der Waals surface area (Å²) in [6.45, 7) is 0.989. The van der Waals surface area contributed by atoms with Gasteiger partial charge < -0.3 is 20.5 Å². The van der Waals surface area contributed by atoms with Gasteiger partial charge >= 0.3 is 6.03 Å². The second-order valence-electron chi connectivity index (χ2n) is 5.06. The summed E-state index contributed by atoms with van der Waals surface area (Å²) in [6.07, 6.45) is 3.85. The molecule has 0 bridgehead atoms. The average Bonchev–Trinajstić information content (AvgIpc) is 2.63. The number of ether oxygens (including phenoxy) is 1. The van der Waals surface area contributed by atoms with E-state index in [2.05, 4.69) is 10.6 Å². The van der Waals surface area contributed by atoms with Crippen molar-refractivity contribution in [2.45, 2.75) is 6.54 Å². The van der Waals surface area contributed by atoms with Gasteiger partial charge in [-0.15, -0.1) is 0 Å². The van der Waals surface area contributed by atoms with Gasteiger partial charge in [-0.3, -0.25) is 0 Å². The molecule has 0 aliphatic heterocycles. The van der Waals surface area contributed by atoms with Crippen LogP contribution in [-0.2, 0) is 6.54 Å². The minimum absolute atomic E-state index is 0.0456. The number of hydrogen-bond acceptors (Lipinski definition) is 3. The highest BCUT2D eigenvalue weighted by Crippen LogP contribution is 2.17. The first-order valence-electron chi connectivity index (χ1n) is 7.84. The summed E-state index contributed by atoms with van der Waals surface area (Å²) in [5.41, 5.74) is 1.95. The van der Waals surface area contributed by atoms with Crippen molar-refractivity contribution in [1.29, 1.82) is 0 Å². The van der Waals surface area contributed by atoms with Crippen molar-refractivity contribution >= 4 is 12.1 Å². The van der Waals surface area contributed by atoms with Crippen molar-refractivity contribution in [3.8, 4) is 5.75 Å². The first kappa shape index (κ1) is 17.6. The molecule has 0 aliphatic rings. The van der Waals surface area contributed by atoms with Crippen LogP contribution in [-0.4, -0.2) is 30.9 Å². The molecule has 0 saturated carbocycles. The van der Waals surface area contributed by atoms with Crippen LogP contribution in [0.4, 0.5) is 4.79 Å². The van der Waals surface area contributed by atoms with E-state index in [1.807, 2.05) is 66.7 Å². The van der Waals surface area contributed by atoms with Crippen molar-refractivity contribution in [2.75, 3.05) is 19.8 Å². The van der Waals surface area contributed by atoms with Crippen molar-refractivity contribution in [3.63, 3.8) is 0 Å². The highest BCUT2D eigenvalue weighted by Gasteiger charge is 2.04. The molecule has 0 spiro atoms. The lowest BCUT2D eigenvalue weighted by Gasteiger charge is -2.11. The van der Waals surface area contributed by atoms with Crippen molar-refractivity contribution in [2.24, 2.45) is 0 Å². The Labute approximate surface area is 142 Å². The summed E-state index contributed by atoms with van der Waals surface area (Å²) in [5, 5.41) is 14.4. The van der Waals surface area contributed by atoms with Crippen LogP contribution in [0.2, 0.25) is 0 Å². The molecule has 3 N–H and O–H groups in total. The van der Waals surface area contributed by atoms with Gasteiger partial charge in [0, 0.05) is 18.7 Å². The van der Waals surface area contributed by atoms with Crippen LogP contribution >= 0.6 is 0 Å². The molecular formula is C19H22N2O3.